The molecule has 1 aliphatic heterocycles. The molecule has 1 heterocycles. The summed E-state index contributed by atoms with van der Waals surface area (Å²) in [6.07, 6.45) is 0. The molecule has 2 amide bonds. The molecule has 1 N–H and O–H groups in total. The van der Waals surface area contributed by atoms with Crippen LogP contribution >= 0.6 is 0 Å². The summed E-state index contributed by atoms with van der Waals surface area (Å²) in [5, 5.41) is 2.85. The van der Waals surface area contributed by atoms with Crippen molar-refractivity contribution >= 4 is 11.7 Å². The van der Waals surface area contributed by atoms with E-state index < -0.39 is 0 Å². The summed E-state index contributed by atoms with van der Waals surface area (Å²) in [6, 6.07) is 8.58. The summed E-state index contributed by atoms with van der Waals surface area (Å²) < 4.78 is 0. The number of hydrogen-bond acceptors (Lipinski definition) is 2. The number of nitrogens with zero attached hydrogens (tertiary/aromatic N) is 2. The molecule has 18 heavy (non-hydrogen) atoms. The molecule has 1 aliphatic rings. The summed E-state index contributed by atoms with van der Waals surface area (Å²) >= 11 is 0. The second-order valence-corrected chi connectivity index (χ2v) is 4.65. The van der Waals surface area contributed by atoms with Crippen LogP contribution in [0.4, 0.5) is 10.5 Å². The number of amides is 2. The van der Waals surface area contributed by atoms with Gasteiger partial charge in [0.2, 0.25) is 0 Å². The first-order valence-corrected chi connectivity index (χ1v) is 6.55. The van der Waals surface area contributed by atoms with Crippen molar-refractivity contribution in [3.63, 3.8) is 0 Å². The highest BCUT2D eigenvalue weighted by Crippen LogP contribution is 2.17. The molecule has 1 saturated heterocycles. The van der Waals surface area contributed by atoms with Crippen molar-refractivity contribution in [2.45, 2.75) is 13.8 Å². The second-order valence-electron chi connectivity index (χ2n) is 4.65. The largest absolute Gasteiger partial charge is 0.368 e. The van der Waals surface area contributed by atoms with E-state index in [-0.39, 0.29) is 6.03 Å². The smallest absolute Gasteiger partial charge is 0.317 e. The van der Waals surface area contributed by atoms with Gasteiger partial charge in [-0.3, -0.25) is 0 Å². The van der Waals surface area contributed by atoms with Gasteiger partial charge < -0.3 is 15.1 Å². The number of nitrogens with one attached hydrogen (secondary N) is 1. The van der Waals surface area contributed by atoms with Crippen LogP contribution in [0.3, 0.4) is 0 Å². The van der Waals surface area contributed by atoms with Gasteiger partial charge >= 0.3 is 6.03 Å². The van der Waals surface area contributed by atoms with Crippen molar-refractivity contribution in [1.29, 1.82) is 0 Å². The van der Waals surface area contributed by atoms with Crippen molar-refractivity contribution in [2.24, 2.45) is 0 Å². The zero-order chi connectivity index (χ0) is 13.0. The van der Waals surface area contributed by atoms with Crippen molar-refractivity contribution < 1.29 is 4.79 Å². The molecular formula is C14H21N3O. The molecule has 0 atom stereocenters. The fraction of sp³-hybridized carbons (Fsp3) is 0.500. The Morgan fingerprint density at radius 2 is 2.00 bits per heavy atom. The molecule has 2 rings (SSSR count). The van der Waals surface area contributed by atoms with Crippen LogP contribution < -0.4 is 10.2 Å². The van der Waals surface area contributed by atoms with Gasteiger partial charge in [-0.15, -0.1) is 0 Å². The van der Waals surface area contributed by atoms with Crippen LogP contribution in [0.15, 0.2) is 24.3 Å². The van der Waals surface area contributed by atoms with Crippen LogP contribution in [0, 0.1) is 6.92 Å². The molecule has 1 aromatic carbocycles. The molecule has 1 aromatic rings. The SMILES string of the molecule is CCNC(=O)N1CCN(c2cccc(C)c2)CC1. The van der Waals surface area contributed by atoms with Crippen LogP contribution in [-0.2, 0) is 0 Å². The van der Waals surface area contributed by atoms with E-state index >= 15 is 0 Å². The zero-order valence-electron chi connectivity index (χ0n) is 11.1. The maximum Gasteiger partial charge on any atom is 0.317 e. The van der Waals surface area contributed by atoms with Gasteiger partial charge in [-0.2, -0.15) is 0 Å². The molecule has 0 aromatic heterocycles. The van der Waals surface area contributed by atoms with Gasteiger partial charge in [0, 0.05) is 38.4 Å². The number of hydrogen-bond donors (Lipinski definition) is 1. The number of carbonyl (C=O) groups is 1. The third-order valence-corrected chi connectivity index (χ3v) is 3.26. The van der Waals surface area contributed by atoms with E-state index in [4.69, 9.17) is 0 Å². The Morgan fingerprint density at radius 1 is 1.28 bits per heavy atom. The summed E-state index contributed by atoms with van der Waals surface area (Å²) in [4.78, 5) is 15.9. The molecule has 4 nitrogen and oxygen atoms in total. The summed E-state index contributed by atoms with van der Waals surface area (Å²) in [7, 11) is 0. The molecule has 0 saturated carbocycles. The minimum Gasteiger partial charge on any atom is -0.368 e. The molecular weight excluding hydrogens is 226 g/mol. The number of urea groups is 1. The number of anilines is 1. The number of piperazine rings is 1. The van der Waals surface area contributed by atoms with Crippen molar-refractivity contribution in [2.75, 3.05) is 37.6 Å². The van der Waals surface area contributed by atoms with Crippen molar-refractivity contribution in [3.05, 3.63) is 29.8 Å². The average molecular weight is 247 g/mol. The first-order valence-electron chi connectivity index (χ1n) is 6.55. The van der Waals surface area contributed by atoms with Crippen LogP contribution in [0.25, 0.3) is 0 Å². The number of benzene rings is 1. The second kappa shape index (κ2) is 5.76. The van der Waals surface area contributed by atoms with Crippen LogP contribution in [0.5, 0.6) is 0 Å². The summed E-state index contributed by atoms with van der Waals surface area (Å²) in [5.74, 6) is 0. The van der Waals surface area contributed by atoms with E-state index in [1.165, 1.54) is 11.3 Å². The maximum atomic E-state index is 11.7. The van der Waals surface area contributed by atoms with Crippen LogP contribution in [-0.4, -0.2) is 43.7 Å². The Balaban J connectivity index is 1.92. The monoisotopic (exact) mass is 247 g/mol. The lowest BCUT2D eigenvalue weighted by Crippen LogP contribution is -2.51. The number of carbonyl (C=O) groups excluding carboxylic acids is 1. The Bertz CT molecular complexity index is 411. The summed E-state index contributed by atoms with van der Waals surface area (Å²) in [5.41, 5.74) is 2.53. The molecule has 0 radical (unpaired) electrons. The first kappa shape index (κ1) is 12.7. The lowest BCUT2D eigenvalue weighted by atomic mass is 10.2. The quantitative estimate of drug-likeness (QED) is 0.865. The predicted molar refractivity (Wildman–Crippen MR) is 74.0 cm³/mol. The Kier molecular flexibility index (Phi) is 4.07. The molecule has 1 fully saturated rings. The molecule has 0 unspecified atom stereocenters. The van der Waals surface area contributed by atoms with E-state index in [9.17, 15) is 4.79 Å². The van der Waals surface area contributed by atoms with Gasteiger partial charge in [-0.25, -0.2) is 4.79 Å². The third kappa shape index (κ3) is 2.94. The Labute approximate surface area is 109 Å². The molecule has 98 valence electrons. The van der Waals surface area contributed by atoms with Gasteiger partial charge in [0.25, 0.3) is 0 Å². The van der Waals surface area contributed by atoms with E-state index in [0.717, 1.165) is 26.2 Å². The van der Waals surface area contributed by atoms with E-state index in [1.54, 1.807) is 0 Å². The number of rotatable bonds is 2. The highest BCUT2D eigenvalue weighted by atomic mass is 16.2. The van der Waals surface area contributed by atoms with E-state index in [2.05, 4.69) is 41.4 Å². The van der Waals surface area contributed by atoms with Gasteiger partial charge in [0.05, 0.1) is 0 Å². The molecule has 4 heteroatoms. The summed E-state index contributed by atoms with van der Waals surface area (Å²) in [6.45, 7) is 8.13. The predicted octanol–water partition coefficient (Wildman–Crippen LogP) is 1.85. The highest BCUT2D eigenvalue weighted by molar-refractivity contribution is 5.74. The van der Waals surface area contributed by atoms with Gasteiger partial charge in [-0.05, 0) is 31.5 Å². The average Bonchev–Trinajstić information content (AvgIpc) is 2.39. The van der Waals surface area contributed by atoms with E-state index in [1.807, 2.05) is 11.8 Å². The first-order chi connectivity index (χ1) is 8.70. The van der Waals surface area contributed by atoms with Crippen LogP contribution in [0.1, 0.15) is 12.5 Å². The van der Waals surface area contributed by atoms with Gasteiger partial charge in [0.1, 0.15) is 0 Å². The Hall–Kier alpha value is -1.71. The Morgan fingerprint density at radius 3 is 2.61 bits per heavy atom. The molecule has 0 spiro atoms. The fourth-order valence-corrected chi connectivity index (χ4v) is 2.26. The zero-order valence-corrected chi connectivity index (χ0v) is 11.1. The molecule has 0 aliphatic carbocycles. The van der Waals surface area contributed by atoms with Crippen molar-refractivity contribution in [3.8, 4) is 0 Å². The molecule has 0 bridgehead atoms. The fourth-order valence-electron chi connectivity index (χ4n) is 2.26. The van der Waals surface area contributed by atoms with Crippen LogP contribution in [0.2, 0.25) is 0 Å². The van der Waals surface area contributed by atoms with Gasteiger partial charge in [-0.1, -0.05) is 12.1 Å². The highest BCUT2D eigenvalue weighted by Gasteiger charge is 2.20. The topological polar surface area (TPSA) is 35.6 Å². The van der Waals surface area contributed by atoms with E-state index in [0.29, 0.717) is 6.54 Å². The lowest BCUT2D eigenvalue weighted by molar-refractivity contribution is 0.195. The van der Waals surface area contributed by atoms with Crippen molar-refractivity contribution in [1.82, 2.24) is 10.2 Å². The minimum atomic E-state index is 0.0568. The normalized spacial score (nSPS) is 15.7. The standard InChI is InChI=1S/C14H21N3O/c1-3-15-14(18)17-9-7-16(8-10-17)13-6-4-5-12(2)11-13/h4-6,11H,3,7-10H2,1-2H3,(H,15,18). The minimum absolute atomic E-state index is 0.0568. The maximum absolute atomic E-state index is 11.7. The third-order valence-electron chi connectivity index (χ3n) is 3.26. The van der Waals surface area contributed by atoms with Gasteiger partial charge in [0.15, 0.2) is 0 Å². The lowest BCUT2D eigenvalue weighted by Gasteiger charge is -2.36. The number of aryl methyl sites for hydroxylation is 1.